The Morgan fingerprint density at radius 1 is 1.36 bits per heavy atom. The third kappa shape index (κ3) is 4.57. The van der Waals surface area contributed by atoms with Crippen molar-refractivity contribution < 1.29 is 28.2 Å². The molecule has 1 aromatic carbocycles. The van der Waals surface area contributed by atoms with Gasteiger partial charge in [-0.25, -0.2) is 14.0 Å². The molecule has 0 saturated carbocycles. The Morgan fingerprint density at radius 3 is 2.64 bits per heavy atom. The summed E-state index contributed by atoms with van der Waals surface area (Å²) in [6, 6.07) is 7.45. The highest BCUT2D eigenvalue weighted by molar-refractivity contribution is 5.92. The molecule has 0 amide bonds. The summed E-state index contributed by atoms with van der Waals surface area (Å²) >= 11 is 0. The van der Waals surface area contributed by atoms with Crippen LogP contribution >= 0.6 is 0 Å². The van der Waals surface area contributed by atoms with Crippen LogP contribution < -0.4 is 5.73 Å². The Morgan fingerprint density at radius 2 is 2.04 bits per heavy atom. The molecule has 1 aliphatic heterocycles. The summed E-state index contributed by atoms with van der Waals surface area (Å²) in [7, 11) is 0. The van der Waals surface area contributed by atoms with Crippen LogP contribution in [0.5, 0.6) is 0 Å². The molecule has 1 aliphatic rings. The topological polar surface area (TPSA) is 112 Å². The first-order valence-corrected chi connectivity index (χ1v) is 8.29. The van der Waals surface area contributed by atoms with Crippen molar-refractivity contribution in [3.05, 3.63) is 70.6 Å². The van der Waals surface area contributed by atoms with Gasteiger partial charge >= 0.3 is 11.9 Å². The number of esters is 2. The minimum Gasteiger partial charge on any atom is -0.459 e. The van der Waals surface area contributed by atoms with Gasteiger partial charge in [-0.05, 0) is 31.5 Å². The maximum atomic E-state index is 13.7. The van der Waals surface area contributed by atoms with Crippen LogP contribution in [-0.2, 0) is 23.8 Å². The summed E-state index contributed by atoms with van der Waals surface area (Å²) in [5.74, 6) is -2.98. The highest BCUT2D eigenvalue weighted by Gasteiger charge is 2.36. The Kier molecular flexibility index (Phi) is 6.55. The van der Waals surface area contributed by atoms with Gasteiger partial charge in [0.15, 0.2) is 0 Å². The molecular weight excluding hydrogens is 367 g/mol. The first-order chi connectivity index (χ1) is 13.3. The first kappa shape index (κ1) is 20.7. The number of carbonyl (C=O) groups is 2. The zero-order valence-corrected chi connectivity index (χ0v) is 15.5. The van der Waals surface area contributed by atoms with E-state index in [4.69, 9.17) is 19.9 Å². The number of allylic oxidation sites excluding steroid dienone is 2. The third-order valence-corrected chi connectivity index (χ3v) is 3.91. The van der Waals surface area contributed by atoms with Crippen molar-refractivity contribution in [2.45, 2.75) is 19.8 Å². The van der Waals surface area contributed by atoms with Crippen LogP contribution in [0.1, 0.15) is 25.3 Å². The van der Waals surface area contributed by atoms with Crippen molar-refractivity contribution in [3.63, 3.8) is 0 Å². The van der Waals surface area contributed by atoms with Crippen LogP contribution in [0.15, 0.2) is 59.2 Å². The number of nitrogens with two attached hydrogens (primary N) is 1. The number of halogens is 1. The number of benzene rings is 1. The number of hydrogen-bond donors (Lipinski definition) is 1. The first-order valence-electron chi connectivity index (χ1n) is 8.29. The van der Waals surface area contributed by atoms with E-state index in [1.54, 1.807) is 6.07 Å². The standard InChI is InChI=1S/C20H19FN2O5/c1-11(2)19(24)26-7-8-27-20(25)17-16(13-5-4-6-14(21)9-13)15(10-22)12(3)28-18(17)23/h4-6,9,16H,1,7-8,23H2,2-3H3. The van der Waals surface area contributed by atoms with Crippen molar-refractivity contribution >= 4 is 11.9 Å². The van der Waals surface area contributed by atoms with Gasteiger partial charge in [0.1, 0.15) is 30.4 Å². The van der Waals surface area contributed by atoms with Gasteiger partial charge in [0, 0.05) is 5.57 Å². The van der Waals surface area contributed by atoms with E-state index in [2.05, 4.69) is 6.58 Å². The third-order valence-electron chi connectivity index (χ3n) is 3.91. The quantitative estimate of drug-likeness (QED) is 0.454. The molecule has 0 spiro atoms. The van der Waals surface area contributed by atoms with E-state index in [1.807, 2.05) is 6.07 Å². The van der Waals surface area contributed by atoms with Crippen LogP contribution in [0.25, 0.3) is 0 Å². The van der Waals surface area contributed by atoms with Gasteiger partial charge in [0.25, 0.3) is 0 Å². The van der Waals surface area contributed by atoms with E-state index in [0.29, 0.717) is 5.56 Å². The largest absolute Gasteiger partial charge is 0.459 e. The monoisotopic (exact) mass is 386 g/mol. The molecule has 146 valence electrons. The minimum atomic E-state index is -0.945. The van der Waals surface area contributed by atoms with Crippen LogP contribution in [0, 0.1) is 17.1 Å². The number of nitriles is 1. The zero-order chi connectivity index (χ0) is 20.8. The number of rotatable bonds is 6. The average Bonchev–Trinajstić information content (AvgIpc) is 2.64. The van der Waals surface area contributed by atoms with Gasteiger partial charge in [0.05, 0.1) is 17.6 Å². The Bertz CT molecular complexity index is 927. The van der Waals surface area contributed by atoms with Crippen molar-refractivity contribution in [1.82, 2.24) is 0 Å². The van der Waals surface area contributed by atoms with Crippen LogP contribution in [0.4, 0.5) is 4.39 Å². The fraction of sp³-hybridized carbons (Fsp3) is 0.250. The highest BCUT2D eigenvalue weighted by atomic mass is 19.1. The molecule has 7 nitrogen and oxygen atoms in total. The minimum absolute atomic E-state index is 0.112. The fourth-order valence-corrected chi connectivity index (χ4v) is 2.62. The molecule has 1 heterocycles. The molecule has 0 fully saturated rings. The van der Waals surface area contributed by atoms with Crippen molar-refractivity contribution in [2.24, 2.45) is 5.73 Å². The second-order valence-corrected chi connectivity index (χ2v) is 6.00. The molecule has 8 heteroatoms. The highest BCUT2D eigenvalue weighted by Crippen LogP contribution is 2.39. The van der Waals surface area contributed by atoms with E-state index < -0.39 is 23.7 Å². The molecule has 28 heavy (non-hydrogen) atoms. The SMILES string of the molecule is C=C(C)C(=O)OCCOC(=O)C1=C(N)OC(C)=C(C#N)C1c1cccc(F)c1. The molecule has 0 saturated heterocycles. The number of nitrogens with zero attached hydrogens (tertiary/aromatic N) is 1. The maximum absolute atomic E-state index is 13.7. The van der Waals surface area contributed by atoms with Crippen LogP contribution in [0.3, 0.4) is 0 Å². The van der Waals surface area contributed by atoms with E-state index in [1.165, 1.54) is 32.0 Å². The Balaban J connectivity index is 2.25. The zero-order valence-electron chi connectivity index (χ0n) is 15.5. The maximum Gasteiger partial charge on any atom is 0.340 e. The number of hydrogen-bond acceptors (Lipinski definition) is 7. The predicted molar refractivity (Wildman–Crippen MR) is 96.5 cm³/mol. The normalized spacial score (nSPS) is 16.1. The number of ether oxygens (including phenoxy) is 3. The summed E-state index contributed by atoms with van der Waals surface area (Å²) in [5, 5.41) is 9.51. The lowest BCUT2D eigenvalue weighted by Crippen LogP contribution is -2.27. The summed E-state index contributed by atoms with van der Waals surface area (Å²) < 4.78 is 29.0. The molecule has 0 aliphatic carbocycles. The van der Waals surface area contributed by atoms with Gasteiger partial charge in [-0.3, -0.25) is 0 Å². The Labute approximate surface area is 161 Å². The van der Waals surface area contributed by atoms with E-state index in [0.717, 1.165) is 0 Å². The average molecular weight is 386 g/mol. The predicted octanol–water partition coefficient (Wildman–Crippen LogP) is 2.57. The van der Waals surface area contributed by atoms with Gasteiger partial charge < -0.3 is 19.9 Å². The number of carbonyl (C=O) groups excluding carboxylic acids is 2. The molecule has 0 radical (unpaired) electrons. The van der Waals surface area contributed by atoms with Crippen LogP contribution in [-0.4, -0.2) is 25.2 Å². The molecular formula is C20H19FN2O5. The van der Waals surface area contributed by atoms with E-state index >= 15 is 0 Å². The summed E-state index contributed by atoms with van der Waals surface area (Å²) in [6.45, 7) is 6.02. The second-order valence-electron chi connectivity index (χ2n) is 6.00. The Hall–Kier alpha value is -3.60. The molecule has 1 unspecified atom stereocenters. The molecule has 2 N–H and O–H groups in total. The molecule has 1 aromatic rings. The molecule has 1 atom stereocenters. The lowest BCUT2D eigenvalue weighted by Gasteiger charge is -2.26. The van der Waals surface area contributed by atoms with Gasteiger partial charge in [-0.2, -0.15) is 5.26 Å². The van der Waals surface area contributed by atoms with E-state index in [-0.39, 0.29) is 41.6 Å². The van der Waals surface area contributed by atoms with Gasteiger partial charge in [-0.15, -0.1) is 0 Å². The van der Waals surface area contributed by atoms with E-state index in [9.17, 15) is 19.2 Å². The fourth-order valence-electron chi connectivity index (χ4n) is 2.62. The molecule has 0 aromatic heterocycles. The summed E-state index contributed by atoms with van der Waals surface area (Å²) in [6.07, 6.45) is 0. The molecule has 2 rings (SSSR count). The van der Waals surface area contributed by atoms with Crippen molar-refractivity contribution in [3.8, 4) is 6.07 Å². The summed E-state index contributed by atoms with van der Waals surface area (Å²) in [5.41, 5.74) is 6.42. The van der Waals surface area contributed by atoms with Crippen molar-refractivity contribution in [1.29, 1.82) is 5.26 Å². The lowest BCUT2D eigenvalue weighted by molar-refractivity contribution is -0.147. The second kappa shape index (κ2) is 8.86. The van der Waals surface area contributed by atoms with Gasteiger partial charge in [0.2, 0.25) is 5.88 Å². The lowest BCUT2D eigenvalue weighted by atomic mass is 9.83. The van der Waals surface area contributed by atoms with Crippen molar-refractivity contribution in [2.75, 3.05) is 13.2 Å². The summed E-state index contributed by atoms with van der Waals surface area (Å²) in [4.78, 5) is 23.9. The molecule has 0 bridgehead atoms. The smallest absolute Gasteiger partial charge is 0.340 e. The van der Waals surface area contributed by atoms with Crippen LogP contribution in [0.2, 0.25) is 0 Å². The van der Waals surface area contributed by atoms with Gasteiger partial charge in [-0.1, -0.05) is 18.7 Å².